The van der Waals surface area contributed by atoms with E-state index in [1.54, 1.807) is 22.9 Å². The van der Waals surface area contributed by atoms with Gasteiger partial charge in [-0.3, -0.25) is 4.79 Å². The molecule has 0 saturated heterocycles. The summed E-state index contributed by atoms with van der Waals surface area (Å²) in [4.78, 5) is 16.2. The predicted molar refractivity (Wildman–Crippen MR) is 100.0 cm³/mol. The Labute approximate surface area is 152 Å². The van der Waals surface area contributed by atoms with E-state index >= 15 is 0 Å². The molecule has 0 fully saturated rings. The summed E-state index contributed by atoms with van der Waals surface area (Å²) in [6.45, 7) is 3.15. The van der Waals surface area contributed by atoms with Gasteiger partial charge < -0.3 is 14.8 Å². The zero-order valence-electron chi connectivity index (χ0n) is 15.0. The van der Waals surface area contributed by atoms with Crippen molar-refractivity contribution in [2.24, 2.45) is 5.73 Å². The maximum absolute atomic E-state index is 11.7. The molecule has 2 heterocycles. The quantitative estimate of drug-likeness (QED) is 0.673. The van der Waals surface area contributed by atoms with Crippen LogP contribution in [0.1, 0.15) is 35.2 Å². The molecule has 1 atom stereocenters. The summed E-state index contributed by atoms with van der Waals surface area (Å²) >= 11 is 0. The number of rotatable bonds is 8. The molecule has 0 spiro atoms. The van der Waals surface area contributed by atoms with E-state index in [4.69, 9.17) is 10.3 Å². The zero-order valence-corrected chi connectivity index (χ0v) is 15.0. The van der Waals surface area contributed by atoms with Crippen molar-refractivity contribution < 1.29 is 4.52 Å². The molecule has 0 amide bonds. The van der Waals surface area contributed by atoms with E-state index in [1.807, 2.05) is 6.07 Å². The summed E-state index contributed by atoms with van der Waals surface area (Å²) in [5.74, 6) is 1.25. The first-order valence-corrected chi connectivity index (χ1v) is 8.89. The van der Waals surface area contributed by atoms with Crippen LogP contribution in [0.2, 0.25) is 0 Å². The maximum Gasteiger partial charge on any atom is 0.250 e. The Morgan fingerprint density at radius 1 is 1.19 bits per heavy atom. The second-order valence-electron chi connectivity index (χ2n) is 6.51. The molecule has 6 heteroatoms. The zero-order chi connectivity index (χ0) is 18.4. The molecule has 0 radical (unpaired) electrons. The normalized spacial score (nSPS) is 12.2. The van der Waals surface area contributed by atoms with Gasteiger partial charge in [-0.15, -0.1) is 0 Å². The second-order valence-corrected chi connectivity index (χ2v) is 6.51. The molecule has 0 saturated carbocycles. The van der Waals surface area contributed by atoms with Gasteiger partial charge in [0, 0.05) is 31.8 Å². The van der Waals surface area contributed by atoms with E-state index in [0.29, 0.717) is 31.2 Å². The average molecular weight is 352 g/mol. The third kappa shape index (κ3) is 4.67. The first-order chi connectivity index (χ1) is 12.7. The lowest BCUT2D eigenvalue weighted by Gasteiger charge is -2.10. The monoisotopic (exact) mass is 352 g/mol. The topological polar surface area (TPSA) is 86.9 Å². The number of aryl methyl sites for hydroxylation is 3. The highest BCUT2D eigenvalue weighted by Crippen LogP contribution is 2.19. The molecular weight excluding hydrogens is 328 g/mol. The molecule has 0 aliphatic rings. The van der Waals surface area contributed by atoms with Crippen LogP contribution < -0.4 is 11.3 Å². The molecule has 0 bridgehead atoms. The lowest BCUT2D eigenvalue weighted by Crippen LogP contribution is -2.18. The van der Waals surface area contributed by atoms with E-state index in [9.17, 15) is 4.79 Å². The standard InChI is InChI=1S/C20H24N4O2/c1-15-7-9-16(10-8-15)13-17(14-21)20-22-18(23-26-20)5-4-12-24-11-3-2-6-19(24)25/h2-3,6-11,17H,4-5,12-14,21H2,1H3. The van der Waals surface area contributed by atoms with Crippen LogP contribution in [-0.4, -0.2) is 21.3 Å². The summed E-state index contributed by atoms with van der Waals surface area (Å²) in [7, 11) is 0. The lowest BCUT2D eigenvalue weighted by atomic mass is 9.98. The van der Waals surface area contributed by atoms with Gasteiger partial charge in [0.2, 0.25) is 11.4 Å². The maximum atomic E-state index is 11.7. The smallest absolute Gasteiger partial charge is 0.250 e. The summed E-state index contributed by atoms with van der Waals surface area (Å²) in [6, 6.07) is 13.5. The van der Waals surface area contributed by atoms with Crippen molar-refractivity contribution in [2.45, 2.75) is 38.6 Å². The number of aromatic nitrogens is 3. The molecule has 2 N–H and O–H groups in total. The highest BCUT2D eigenvalue weighted by atomic mass is 16.5. The van der Waals surface area contributed by atoms with Gasteiger partial charge in [0.15, 0.2) is 5.82 Å². The van der Waals surface area contributed by atoms with Crippen molar-refractivity contribution in [1.29, 1.82) is 0 Å². The van der Waals surface area contributed by atoms with Crippen molar-refractivity contribution >= 4 is 0 Å². The molecule has 6 nitrogen and oxygen atoms in total. The third-order valence-electron chi connectivity index (χ3n) is 4.42. The van der Waals surface area contributed by atoms with Crippen LogP contribution in [0.15, 0.2) is 58.0 Å². The van der Waals surface area contributed by atoms with Crippen LogP contribution in [0, 0.1) is 6.92 Å². The van der Waals surface area contributed by atoms with Crippen molar-refractivity contribution in [3.63, 3.8) is 0 Å². The van der Waals surface area contributed by atoms with E-state index in [-0.39, 0.29) is 11.5 Å². The molecule has 0 aliphatic heterocycles. The van der Waals surface area contributed by atoms with Gasteiger partial charge in [-0.1, -0.05) is 41.1 Å². The number of nitrogens with two attached hydrogens (primary N) is 1. The first-order valence-electron chi connectivity index (χ1n) is 8.89. The Hall–Kier alpha value is -2.73. The average Bonchev–Trinajstić information content (AvgIpc) is 3.11. The van der Waals surface area contributed by atoms with Crippen molar-refractivity contribution in [3.05, 3.63) is 81.9 Å². The van der Waals surface area contributed by atoms with Gasteiger partial charge in [0.1, 0.15) is 0 Å². The Kier molecular flexibility index (Phi) is 5.96. The molecule has 26 heavy (non-hydrogen) atoms. The molecular formula is C20H24N4O2. The van der Waals surface area contributed by atoms with Gasteiger partial charge >= 0.3 is 0 Å². The molecule has 1 aromatic carbocycles. The molecule has 136 valence electrons. The first kappa shape index (κ1) is 18.1. The van der Waals surface area contributed by atoms with E-state index < -0.39 is 0 Å². The Morgan fingerprint density at radius 3 is 2.73 bits per heavy atom. The van der Waals surface area contributed by atoms with Gasteiger partial charge in [-0.05, 0) is 31.4 Å². The van der Waals surface area contributed by atoms with Crippen LogP contribution in [0.3, 0.4) is 0 Å². The highest BCUT2D eigenvalue weighted by Gasteiger charge is 2.18. The fourth-order valence-corrected chi connectivity index (χ4v) is 2.87. The fraction of sp³-hybridized carbons (Fsp3) is 0.350. The number of pyridine rings is 1. The summed E-state index contributed by atoms with van der Waals surface area (Å²) in [6.07, 6.45) is 3.99. The minimum Gasteiger partial charge on any atom is -0.339 e. The van der Waals surface area contributed by atoms with Crippen LogP contribution in [0.25, 0.3) is 0 Å². The van der Waals surface area contributed by atoms with E-state index in [2.05, 4.69) is 41.3 Å². The number of nitrogens with zero attached hydrogens (tertiary/aromatic N) is 3. The molecule has 2 aromatic heterocycles. The Morgan fingerprint density at radius 2 is 2.00 bits per heavy atom. The van der Waals surface area contributed by atoms with Crippen LogP contribution >= 0.6 is 0 Å². The van der Waals surface area contributed by atoms with E-state index in [1.165, 1.54) is 11.1 Å². The number of hydrogen-bond donors (Lipinski definition) is 1. The molecule has 3 rings (SSSR count). The van der Waals surface area contributed by atoms with Crippen LogP contribution in [0.4, 0.5) is 0 Å². The summed E-state index contributed by atoms with van der Waals surface area (Å²) < 4.78 is 7.11. The minimum atomic E-state index is 0.00240. The lowest BCUT2D eigenvalue weighted by molar-refractivity contribution is 0.349. The van der Waals surface area contributed by atoms with Gasteiger partial charge in [0.05, 0.1) is 5.92 Å². The van der Waals surface area contributed by atoms with Gasteiger partial charge in [-0.25, -0.2) is 0 Å². The minimum absolute atomic E-state index is 0.00240. The Bertz CT molecular complexity index is 883. The largest absolute Gasteiger partial charge is 0.339 e. The number of hydrogen-bond acceptors (Lipinski definition) is 5. The SMILES string of the molecule is Cc1ccc(CC(CN)c2nc(CCCn3ccccc3=O)no2)cc1. The molecule has 0 aliphatic carbocycles. The Balaban J connectivity index is 1.58. The second kappa shape index (κ2) is 8.58. The van der Waals surface area contributed by atoms with Crippen molar-refractivity contribution in [2.75, 3.05) is 6.54 Å². The van der Waals surface area contributed by atoms with Crippen molar-refractivity contribution in [1.82, 2.24) is 14.7 Å². The fourth-order valence-electron chi connectivity index (χ4n) is 2.87. The van der Waals surface area contributed by atoms with Crippen LogP contribution in [-0.2, 0) is 19.4 Å². The third-order valence-corrected chi connectivity index (χ3v) is 4.42. The highest BCUT2D eigenvalue weighted by molar-refractivity contribution is 5.23. The van der Waals surface area contributed by atoms with E-state index in [0.717, 1.165) is 12.8 Å². The predicted octanol–water partition coefficient (Wildman–Crippen LogP) is 2.46. The number of benzene rings is 1. The van der Waals surface area contributed by atoms with Crippen molar-refractivity contribution in [3.8, 4) is 0 Å². The van der Waals surface area contributed by atoms with Crippen LogP contribution in [0.5, 0.6) is 0 Å². The summed E-state index contributed by atoms with van der Waals surface area (Å²) in [5, 5.41) is 4.07. The summed E-state index contributed by atoms with van der Waals surface area (Å²) in [5.41, 5.74) is 8.36. The molecule has 3 aromatic rings. The molecule has 1 unspecified atom stereocenters. The van der Waals surface area contributed by atoms with Gasteiger partial charge in [-0.2, -0.15) is 4.98 Å². The van der Waals surface area contributed by atoms with Gasteiger partial charge in [0.25, 0.3) is 0 Å².